The van der Waals surface area contributed by atoms with Crippen LogP contribution in [0.4, 0.5) is 0 Å². The number of carbonyl (C=O) groups is 1. The van der Waals surface area contributed by atoms with E-state index in [-0.39, 0.29) is 5.92 Å². The Hall–Kier alpha value is -1.35. The van der Waals surface area contributed by atoms with Crippen molar-refractivity contribution < 1.29 is 9.90 Å². The molecule has 0 bridgehead atoms. The van der Waals surface area contributed by atoms with Gasteiger partial charge < -0.3 is 10.0 Å². The van der Waals surface area contributed by atoms with Crippen molar-refractivity contribution in [3.63, 3.8) is 0 Å². The number of hydrogen-bond acceptors (Lipinski definition) is 2. The van der Waals surface area contributed by atoms with Crippen LogP contribution in [0.2, 0.25) is 0 Å². The minimum absolute atomic E-state index is 0.159. The molecule has 1 unspecified atom stereocenters. The number of nitrogens with zero attached hydrogens (tertiary/aromatic N) is 1. The van der Waals surface area contributed by atoms with Gasteiger partial charge in [0.25, 0.3) is 0 Å². The summed E-state index contributed by atoms with van der Waals surface area (Å²) in [7, 11) is 0. The van der Waals surface area contributed by atoms with E-state index < -0.39 is 5.97 Å². The Balaban J connectivity index is 1.95. The lowest BCUT2D eigenvalue weighted by atomic mass is 9.86. The van der Waals surface area contributed by atoms with Gasteiger partial charge in [-0.15, -0.1) is 0 Å². The van der Waals surface area contributed by atoms with Crippen LogP contribution >= 0.6 is 0 Å². The SMILES string of the molecule is CC(C)C(CN1CC(C(=O)O)C1)c1ccccc1. The highest BCUT2D eigenvalue weighted by Crippen LogP contribution is 2.28. The third-order valence-corrected chi connectivity index (χ3v) is 3.79. The highest BCUT2D eigenvalue weighted by Gasteiger charge is 2.34. The zero-order valence-corrected chi connectivity index (χ0v) is 11.0. The van der Waals surface area contributed by atoms with Crippen molar-refractivity contribution in [3.8, 4) is 0 Å². The Labute approximate surface area is 108 Å². The fraction of sp³-hybridized carbons (Fsp3) is 0.533. The van der Waals surface area contributed by atoms with E-state index in [4.69, 9.17) is 5.11 Å². The Morgan fingerprint density at radius 1 is 1.33 bits per heavy atom. The normalized spacial score (nSPS) is 18.6. The Morgan fingerprint density at radius 3 is 2.44 bits per heavy atom. The summed E-state index contributed by atoms with van der Waals surface area (Å²) in [6.45, 7) is 6.82. The molecule has 3 heteroatoms. The van der Waals surface area contributed by atoms with E-state index in [1.807, 2.05) is 6.07 Å². The van der Waals surface area contributed by atoms with Crippen LogP contribution in [0.15, 0.2) is 30.3 Å². The van der Waals surface area contributed by atoms with E-state index in [0.717, 1.165) is 6.54 Å². The number of carboxylic acid groups (broad SMARTS) is 1. The molecule has 18 heavy (non-hydrogen) atoms. The van der Waals surface area contributed by atoms with Gasteiger partial charge in [-0.1, -0.05) is 44.2 Å². The van der Waals surface area contributed by atoms with Gasteiger partial charge in [0.1, 0.15) is 0 Å². The lowest BCUT2D eigenvalue weighted by Crippen LogP contribution is -2.51. The van der Waals surface area contributed by atoms with Crippen molar-refractivity contribution in [2.75, 3.05) is 19.6 Å². The number of likely N-dealkylation sites (tertiary alicyclic amines) is 1. The minimum Gasteiger partial charge on any atom is -0.481 e. The van der Waals surface area contributed by atoms with Gasteiger partial charge in [0.15, 0.2) is 0 Å². The fourth-order valence-electron chi connectivity index (χ4n) is 2.55. The molecular formula is C15H21NO2. The molecule has 1 aliphatic heterocycles. The highest BCUT2D eigenvalue weighted by atomic mass is 16.4. The van der Waals surface area contributed by atoms with Crippen LogP contribution in [-0.4, -0.2) is 35.6 Å². The first-order valence-electron chi connectivity index (χ1n) is 6.58. The maximum Gasteiger partial charge on any atom is 0.309 e. The number of carboxylic acids is 1. The van der Waals surface area contributed by atoms with Gasteiger partial charge in [0, 0.05) is 19.6 Å². The van der Waals surface area contributed by atoms with E-state index in [2.05, 4.69) is 43.0 Å². The molecule has 98 valence electrons. The predicted octanol–water partition coefficient (Wildman–Crippen LogP) is 2.44. The van der Waals surface area contributed by atoms with Gasteiger partial charge in [0.05, 0.1) is 5.92 Å². The standard InChI is InChI=1S/C15H21NO2/c1-11(2)14(12-6-4-3-5-7-12)10-16-8-13(9-16)15(17)18/h3-7,11,13-14H,8-10H2,1-2H3,(H,17,18). The summed E-state index contributed by atoms with van der Waals surface area (Å²) in [5.74, 6) is 0.234. The smallest absolute Gasteiger partial charge is 0.309 e. The Bertz CT molecular complexity index is 396. The van der Waals surface area contributed by atoms with Crippen molar-refractivity contribution >= 4 is 5.97 Å². The summed E-state index contributed by atoms with van der Waals surface area (Å²) in [6, 6.07) is 10.5. The third-order valence-electron chi connectivity index (χ3n) is 3.79. The quantitative estimate of drug-likeness (QED) is 0.868. The molecule has 1 saturated heterocycles. The molecule has 1 heterocycles. The number of rotatable bonds is 5. The second-order valence-corrected chi connectivity index (χ2v) is 5.51. The Morgan fingerprint density at radius 2 is 1.94 bits per heavy atom. The maximum atomic E-state index is 10.8. The van der Waals surface area contributed by atoms with E-state index in [1.165, 1.54) is 5.56 Å². The molecule has 1 N–H and O–H groups in total. The first-order valence-corrected chi connectivity index (χ1v) is 6.58. The van der Waals surface area contributed by atoms with Crippen LogP contribution in [0.1, 0.15) is 25.3 Å². The molecule has 0 saturated carbocycles. The van der Waals surface area contributed by atoms with Crippen LogP contribution in [0.5, 0.6) is 0 Å². The lowest BCUT2D eigenvalue weighted by molar-refractivity contribution is -0.147. The van der Waals surface area contributed by atoms with Crippen LogP contribution < -0.4 is 0 Å². The van der Waals surface area contributed by atoms with Crippen molar-refractivity contribution in [3.05, 3.63) is 35.9 Å². The van der Waals surface area contributed by atoms with Gasteiger partial charge in [-0.2, -0.15) is 0 Å². The molecule has 1 aromatic rings. The topological polar surface area (TPSA) is 40.5 Å². The van der Waals surface area contributed by atoms with Gasteiger partial charge in [-0.05, 0) is 17.4 Å². The van der Waals surface area contributed by atoms with E-state index in [9.17, 15) is 4.79 Å². The van der Waals surface area contributed by atoms with Gasteiger partial charge >= 0.3 is 5.97 Å². The molecule has 0 radical (unpaired) electrons. The molecule has 3 nitrogen and oxygen atoms in total. The molecule has 0 amide bonds. The summed E-state index contributed by atoms with van der Waals surface area (Å²) in [5, 5.41) is 8.88. The van der Waals surface area contributed by atoms with Crippen molar-refractivity contribution in [2.24, 2.45) is 11.8 Å². The van der Waals surface area contributed by atoms with Crippen LogP contribution in [0.25, 0.3) is 0 Å². The Kier molecular flexibility index (Phi) is 4.02. The molecule has 1 fully saturated rings. The van der Waals surface area contributed by atoms with Crippen LogP contribution in [0.3, 0.4) is 0 Å². The molecule has 0 aliphatic carbocycles. The van der Waals surface area contributed by atoms with Crippen LogP contribution in [-0.2, 0) is 4.79 Å². The summed E-state index contributed by atoms with van der Waals surface area (Å²) in [4.78, 5) is 13.0. The monoisotopic (exact) mass is 247 g/mol. The number of benzene rings is 1. The fourth-order valence-corrected chi connectivity index (χ4v) is 2.55. The van der Waals surface area contributed by atoms with Crippen molar-refractivity contribution in [1.82, 2.24) is 4.90 Å². The zero-order valence-electron chi connectivity index (χ0n) is 11.0. The number of aliphatic carboxylic acids is 1. The van der Waals surface area contributed by atoms with Gasteiger partial charge in [-0.3, -0.25) is 4.79 Å². The average molecular weight is 247 g/mol. The minimum atomic E-state index is -0.660. The molecule has 1 atom stereocenters. The van der Waals surface area contributed by atoms with Gasteiger partial charge in [0.2, 0.25) is 0 Å². The summed E-state index contributed by atoms with van der Waals surface area (Å²) in [5.41, 5.74) is 1.35. The lowest BCUT2D eigenvalue weighted by Gasteiger charge is -2.40. The zero-order chi connectivity index (χ0) is 13.1. The largest absolute Gasteiger partial charge is 0.481 e. The second kappa shape index (κ2) is 5.53. The maximum absolute atomic E-state index is 10.8. The summed E-state index contributed by atoms with van der Waals surface area (Å²) in [6.07, 6.45) is 0. The summed E-state index contributed by atoms with van der Waals surface area (Å²) >= 11 is 0. The summed E-state index contributed by atoms with van der Waals surface area (Å²) < 4.78 is 0. The van der Waals surface area contributed by atoms with E-state index in [1.54, 1.807) is 0 Å². The molecule has 1 aliphatic rings. The van der Waals surface area contributed by atoms with Crippen molar-refractivity contribution in [1.29, 1.82) is 0 Å². The first-order chi connectivity index (χ1) is 8.58. The molecule has 0 aromatic heterocycles. The predicted molar refractivity (Wildman–Crippen MR) is 71.6 cm³/mol. The van der Waals surface area contributed by atoms with Crippen LogP contribution in [0, 0.1) is 11.8 Å². The number of hydrogen-bond donors (Lipinski definition) is 1. The van der Waals surface area contributed by atoms with Gasteiger partial charge in [-0.25, -0.2) is 0 Å². The molecule has 0 spiro atoms. The van der Waals surface area contributed by atoms with Crippen molar-refractivity contribution in [2.45, 2.75) is 19.8 Å². The van der Waals surface area contributed by atoms with E-state index in [0.29, 0.717) is 24.9 Å². The highest BCUT2D eigenvalue weighted by molar-refractivity contribution is 5.71. The molecular weight excluding hydrogens is 226 g/mol. The average Bonchev–Trinajstić information content (AvgIpc) is 2.27. The molecule has 1 aromatic carbocycles. The third kappa shape index (κ3) is 2.91. The first kappa shape index (κ1) is 13.1. The second-order valence-electron chi connectivity index (χ2n) is 5.51. The molecule has 2 rings (SSSR count). The van der Waals surface area contributed by atoms with E-state index >= 15 is 0 Å².